The van der Waals surface area contributed by atoms with Gasteiger partial charge in [-0.25, -0.2) is 4.98 Å². The molecule has 1 amide bonds. The minimum atomic E-state index is -0.423. The number of aromatic nitrogens is 3. The summed E-state index contributed by atoms with van der Waals surface area (Å²) in [6.45, 7) is 2.59. The maximum atomic E-state index is 12.4. The Hall–Kier alpha value is -2.69. The van der Waals surface area contributed by atoms with Crippen molar-refractivity contribution in [3.8, 4) is 0 Å². The zero-order chi connectivity index (χ0) is 15.9. The van der Waals surface area contributed by atoms with Crippen LogP contribution in [0.1, 0.15) is 31.3 Å². The molecule has 3 aromatic rings. The number of likely N-dealkylation sites (tertiary alicyclic amines) is 1. The first-order valence-electron chi connectivity index (χ1n) is 7.82. The van der Waals surface area contributed by atoms with Gasteiger partial charge in [-0.2, -0.15) is 0 Å². The van der Waals surface area contributed by atoms with E-state index < -0.39 is 5.54 Å². The molecule has 0 bridgehead atoms. The maximum Gasteiger partial charge on any atom is 0.223 e. The lowest BCUT2D eigenvalue weighted by Gasteiger charge is -2.33. The number of carbonyl (C=O) groups excluding carboxylic acids is 1. The van der Waals surface area contributed by atoms with Gasteiger partial charge in [0.25, 0.3) is 0 Å². The lowest BCUT2D eigenvalue weighted by Crippen LogP contribution is -2.41. The number of aromatic amines is 1. The van der Waals surface area contributed by atoms with Crippen molar-refractivity contribution in [2.45, 2.75) is 31.8 Å². The monoisotopic (exact) mass is 306 g/mol. The molecule has 3 heterocycles. The fourth-order valence-electron chi connectivity index (χ4n) is 3.27. The van der Waals surface area contributed by atoms with Gasteiger partial charge in [-0.3, -0.25) is 9.78 Å². The summed E-state index contributed by atoms with van der Waals surface area (Å²) in [6.07, 6.45) is 3.06. The molecule has 5 heteroatoms. The standard InChI is InChI=1S/C18H18N4O/c1-18(17-20-14-7-2-3-8-15(14)21-17)10-9-16(23)22(18)12-13-6-4-5-11-19-13/h2-8,11H,9-10,12H2,1H3,(H,20,21). The highest BCUT2D eigenvalue weighted by atomic mass is 16.2. The lowest BCUT2D eigenvalue weighted by atomic mass is 9.98. The molecule has 116 valence electrons. The first-order valence-corrected chi connectivity index (χ1v) is 7.82. The highest BCUT2D eigenvalue weighted by Crippen LogP contribution is 2.39. The molecule has 1 aliphatic heterocycles. The summed E-state index contributed by atoms with van der Waals surface area (Å²) in [7, 11) is 0. The molecule has 2 aromatic heterocycles. The van der Waals surface area contributed by atoms with E-state index in [1.54, 1.807) is 6.20 Å². The van der Waals surface area contributed by atoms with Crippen LogP contribution in [0.5, 0.6) is 0 Å². The van der Waals surface area contributed by atoms with Crippen molar-refractivity contribution in [2.24, 2.45) is 0 Å². The number of benzene rings is 1. The Morgan fingerprint density at radius 1 is 1.22 bits per heavy atom. The van der Waals surface area contributed by atoms with Crippen LogP contribution >= 0.6 is 0 Å². The van der Waals surface area contributed by atoms with Crippen LogP contribution in [-0.2, 0) is 16.9 Å². The van der Waals surface area contributed by atoms with Crippen LogP contribution in [0, 0.1) is 0 Å². The Morgan fingerprint density at radius 3 is 2.83 bits per heavy atom. The molecule has 1 fully saturated rings. The van der Waals surface area contributed by atoms with Crippen molar-refractivity contribution in [1.82, 2.24) is 19.9 Å². The number of para-hydroxylation sites is 2. The Balaban J connectivity index is 1.73. The van der Waals surface area contributed by atoms with Gasteiger partial charge in [0, 0.05) is 12.6 Å². The van der Waals surface area contributed by atoms with Crippen LogP contribution in [0.2, 0.25) is 0 Å². The van der Waals surface area contributed by atoms with E-state index in [1.807, 2.05) is 47.4 Å². The van der Waals surface area contributed by atoms with E-state index in [1.165, 1.54) is 0 Å². The number of hydrogen-bond acceptors (Lipinski definition) is 3. The molecular weight excluding hydrogens is 288 g/mol. The van der Waals surface area contributed by atoms with Crippen LogP contribution in [0.15, 0.2) is 48.7 Å². The van der Waals surface area contributed by atoms with Crippen molar-refractivity contribution in [2.75, 3.05) is 0 Å². The maximum absolute atomic E-state index is 12.4. The molecule has 0 spiro atoms. The third-order valence-corrected chi connectivity index (χ3v) is 4.67. The number of imidazole rings is 1. The van der Waals surface area contributed by atoms with E-state index in [2.05, 4.69) is 16.9 Å². The summed E-state index contributed by atoms with van der Waals surface area (Å²) < 4.78 is 0. The highest BCUT2D eigenvalue weighted by molar-refractivity contribution is 5.80. The first kappa shape index (κ1) is 13.9. The van der Waals surface area contributed by atoms with Gasteiger partial charge in [0.2, 0.25) is 5.91 Å². The normalized spacial score (nSPS) is 21.3. The minimum Gasteiger partial charge on any atom is -0.340 e. The van der Waals surface area contributed by atoms with Crippen LogP contribution in [0.4, 0.5) is 0 Å². The molecule has 1 atom stereocenters. The highest BCUT2D eigenvalue weighted by Gasteiger charge is 2.45. The molecule has 5 nitrogen and oxygen atoms in total. The molecule has 1 saturated heterocycles. The lowest BCUT2D eigenvalue weighted by molar-refractivity contribution is -0.132. The Kier molecular flexibility index (Phi) is 3.15. The molecule has 1 aliphatic rings. The summed E-state index contributed by atoms with van der Waals surface area (Å²) in [4.78, 5) is 26.8. The van der Waals surface area contributed by atoms with Crippen LogP contribution < -0.4 is 0 Å². The zero-order valence-corrected chi connectivity index (χ0v) is 13.0. The van der Waals surface area contributed by atoms with Crippen LogP contribution in [0.25, 0.3) is 11.0 Å². The largest absolute Gasteiger partial charge is 0.340 e. The van der Waals surface area contributed by atoms with E-state index in [9.17, 15) is 4.79 Å². The van der Waals surface area contributed by atoms with Crippen molar-refractivity contribution in [1.29, 1.82) is 0 Å². The van der Waals surface area contributed by atoms with Gasteiger partial charge in [-0.1, -0.05) is 18.2 Å². The van der Waals surface area contributed by atoms with Crippen molar-refractivity contribution in [3.63, 3.8) is 0 Å². The predicted molar refractivity (Wildman–Crippen MR) is 87.5 cm³/mol. The average Bonchev–Trinajstić information content (AvgIpc) is 3.13. The van der Waals surface area contributed by atoms with Gasteiger partial charge < -0.3 is 9.88 Å². The number of amides is 1. The second-order valence-electron chi connectivity index (χ2n) is 6.18. The van der Waals surface area contributed by atoms with Crippen molar-refractivity contribution in [3.05, 3.63) is 60.2 Å². The SMILES string of the molecule is CC1(c2nc3ccccc3[nH]2)CCC(=O)N1Cc1ccccn1. The van der Waals surface area contributed by atoms with Crippen molar-refractivity contribution >= 4 is 16.9 Å². The number of nitrogens with zero attached hydrogens (tertiary/aromatic N) is 3. The molecule has 23 heavy (non-hydrogen) atoms. The van der Waals surface area contributed by atoms with Crippen LogP contribution in [0.3, 0.4) is 0 Å². The number of hydrogen-bond donors (Lipinski definition) is 1. The second-order valence-corrected chi connectivity index (χ2v) is 6.18. The van der Waals surface area contributed by atoms with Gasteiger partial charge in [0.1, 0.15) is 5.82 Å². The summed E-state index contributed by atoms with van der Waals surface area (Å²) >= 11 is 0. The molecule has 1 aromatic carbocycles. The molecule has 0 aliphatic carbocycles. The molecule has 4 rings (SSSR count). The minimum absolute atomic E-state index is 0.151. The molecule has 0 radical (unpaired) electrons. The average molecular weight is 306 g/mol. The molecule has 0 saturated carbocycles. The first-order chi connectivity index (χ1) is 11.2. The van der Waals surface area contributed by atoms with Gasteiger partial charge in [0.15, 0.2) is 0 Å². The third kappa shape index (κ3) is 2.29. The van der Waals surface area contributed by atoms with Crippen LogP contribution in [-0.4, -0.2) is 25.8 Å². The smallest absolute Gasteiger partial charge is 0.223 e. The van der Waals surface area contributed by atoms with E-state index in [0.717, 1.165) is 29.0 Å². The van der Waals surface area contributed by atoms with Gasteiger partial charge in [-0.05, 0) is 37.6 Å². The predicted octanol–water partition coefficient (Wildman–Crippen LogP) is 3.00. The topological polar surface area (TPSA) is 61.9 Å². The van der Waals surface area contributed by atoms with E-state index in [-0.39, 0.29) is 5.91 Å². The summed E-state index contributed by atoms with van der Waals surface area (Å²) in [6, 6.07) is 13.7. The molecule has 1 unspecified atom stereocenters. The van der Waals surface area contributed by atoms with E-state index >= 15 is 0 Å². The van der Waals surface area contributed by atoms with Crippen molar-refractivity contribution < 1.29 is 4.79 Å². The molecular formula is C18H18N4O. The van der Waals surface area contributed by atoms with E-state index in [0.29, 0.717) is 13.0 Å². The van der Waals surface area contributed by atoms with Gasteiger partial charge in [0.05, 0.1) is 28.8 Å². The zero-order valence-electron chi connectivity index (χ0n) is 13.0. The third-order valence-electron chi connectivity index (χ3n) is 4.67. The number of rotatable bonds is 3. The van der Waals surface area contributed by atoms with Gasteiger partial charge in [-0.15, -0.1) is 0 Å². The quantitative estimate of drug-likeness (QED) is 0.809. The summed E-state index contributed by atoms with van der Waals surface area (Å²) in [5.74, 6) is 0.999. The van der Waals surface area contributed by atoms with Gasteiger partial charge >= 0.3 is 0 Å². The number of fused-ring (bicyclic) bond motifs is 1. The Bertz CT molecular complexity index is 825. The number of H-pyrrole nitrogens is 1. The van der Waals surface area contributed by atoms with E-state index in [4.69, 9.17) is 4.98 Å². The molecule has 1 N–H and O–H groups in total. The Labute approximate surface area is 134 Å². The summed E-state index contributed by atoms with van der Waals surface area (Å²) in [5, 5.41) is 0. The number of carbonyl (C=O) groups is 1. The summed E-state index contributed by atoms with van der Waals surface area (Å²) in [5.41, 5.74) is 2.40. The number of pyridine rings is 1. The number of nitrogens with one attached hydrogen (secondary N) is 1. The second kappa shape index (κ2) is 5.19. The fourth-order valence-corrected chi connectivity index (χ4v) is 3.27. The fraction of sp³-hybridized carbons (Fsp3) is 0.278. The Morgan fingerprint density at radius 2 is 2.04 bits per heavy atom.